The molecule has 182 valence electrons. The van der Waals surface area contributed by atoms with Crippen LogP contribution in [0.5, 0.6) is 11.5 Å². The second-order valence-electron chi connectivity index (χ2n) is 8.70. The van der Waals surface area contributed by atoms with E-state index >= 15 is 0 Å². The number of fused-ring (bicyclic) bond motifs is 1. The second-order valence-corrected chi connectivity index (χ2v) is 9.71. The Morgan fingerprint density at radius 2 is 1.61 bits per heavy atom. The second kappa shape index (κ2) is 9.16. The fraction of sp³-hybridized carbons (Fsp3) is 0.185. The number of hydrogen-bond acceptors (Lipinski definition) is 7. The van der Waals surface area contributed by atoms with Gasteiger partial charge in [-0.05, 0) is 98.1 Å². The van der Waals surface area contributed by atoms with Crippen LogP contribution < -0.4 is 14.4 Å². The molecule has 1 saturated heterocycles. The molecular weight excluding hydrogens is 478 g/mol. The molecule has 0 unspecified atom stereocenters. The molecule has 0 aromatic heterocycles. The lowest BCUT2D eigenvalue weighted by molar-refractivity contribution is -0.385. The number of carbonyl (C=O) groups is 1. The number of carbonyl (C=O) groups excluding carboxylic acids is 1. The van der Waals surface area contributed by atoms with Gasteiger partial charge in [-0.3, -0.25) is 19.8 Å². The number of nitro groups is 1. The summed E-state index contributed by atoms with van der Waals surface area (Å²) in [7, 11) is 0. The first kappa shape index (κ1) is 23.6. The van der Waals surface area contributed by atoms with Crippen molar-refractivity contribution in [3.8, 4) is 11.5 Å². The van der Waals surface area contributed by atoms with Crippen molar-refractivity contribution in [2.75, 3.05) is 11.7 Å². The molecule has 0 radical (unpaired) electrons. The quantitative estimate of drug-likeness (QED) is 0.234. The highest BCUT2D eigenvalue weighted by atomic mass is 32.2. The van der Waals surface area contributed by atoms with Crippen LogP contribution in [0.3, 0.4) is 0 Å². The maximum absolute atomic E-state index is 13.7. The van der Waals surface area contributed by atoms with Gasteiger partial charge in [0.25, 0.3) is 11.6 Å². The van der Waals surface area contributed by atoms with Crippen molar-refractivity contribution in [3.63, 3.8) is 0 Å². The van der Waals surface area contributed by atoms with E-state index in [9.17, 15) is 14.9 Å². The van der Waals surface area contributed by atoms with Gasteiger partial charge in [0.1, 0.15) is 0 Å². The Balaban J connectivity index is 1.63. The van der Waals surface area contributed by atoms with E-state index in [1.54, 1.807) is 4.90 Å². The van der Waals surface area contributed by atoms with E-state index in [1.165, 1.54) is 30.0 Å². The highest BCUT2D eigenvalue weighted by Crippen LogP contribution is 2.42. The number of thioether (sulfide) groups is 1. The standard InChI is InChI=1S/C27H23N3O5S/c1-15-5-7-20(9-17(15)3)28-27-29(21-8-6-16(2)18(4)10-21)26(31)25(36-27)12-19-11-23-24(35-14-34-23)13-22(19)30(32)33/h5-13H,14H2,1-4H3/b25-12-,28-27?. The molecule has 0 atom stereocenters. The van der Waals surface area contributed by atoms with Crippen molar-refractivity contribution in [1.29, 1.82) is 0 Å². The van der Waals surface area contributed by atoms with Crippen molar-refractivity contribution >= 4 is 46.0 Å². The zero-order chi connectivity index (χ0) is 25.6. The number of ether oxygens (including phenoxy) is 2. The number of aliphatic imine (C=N–C) groups is 1. The van der Waals surface area contributed by atoms with E-state index in [0.717, 1.165) is 27.9 Å². The van der Waals surface area contributed by atoms with Gasteiger partial charge < -0.3 is 9.47 Å². The molecule has 2 aliphatic heterocycles. The minimum Gasteiger partial charge on any atom is -0.454 e. The first-order valence-corrected chi connectivity index (χ1v) is 12.1. The molecule has 0 N–H and O–H groups in total. The number of amides is 1. The summed E-state index contributed by atoms with van der Waals surface area (Å²) < 4.78 is 10.7. The monoisotopic (exact) mass is 501 g/mol. The van der Waals surface area contributed by atoms with Crippen molar-refractivity contribution < 1.29 is 19.2 Å². The van der Waals surface area contributed by atoms with E-state index in [2.05, 4.69) is 0 Å². The highest BCUT2D eigenvalue weighted by Gasteiger charge is 2.36. The summed E-state index contributed by atoms with van der Waals surface area (Å²) >= 11 is 1.18. The average molecular weight is 502 g/mol. The molecule has 3 aromatic rings. The van der Waals surface area contributed by atoms with Crippen molar-refractivity contribution in [3.05, 3.63) is 91.4 Å². The first-order chi connectivity index (χ1) is 17.2. The molecule has 0 aliphatic carbocycles. The molecule has 1 fully saturated rings. The van der Waals surface area contributed by atoms with Gasteiger partial charge in [0.05, 0.1) is 32.8 Å². The summed E-state index contributed by atoms with van der Waals surface area (Å²) in [5, 5.41) is 12.2. The Hall–Kier alpha value is -4.11. The minimum atomic E-state index is -0.496. The maximum Gasteiger partial charge on any atom is 0.280 e. The third-order valence-corrected chi connectivity index (χ3v) is 7.24. The largest absolute Gasteiger partial charge is 0.454 e. The molecule has 3 aromatic carbocycles. The normalized spacial score (nSPS) is 16.9. The number of benzene rings is 3. The molecule has 5 rings (SSSR count). The summed E-state index contributed by atoms with van der Waals surface area (Å²) in [5.41, 5.74) is 5.88. The van der Waals surface area contributed by atoms with Crippen LogP contribution >= 0.6 is 11.8 Å². The van der Waals surface area contributed by atoms with Gasteiger partial charge in [-0.15, -0.1) is 0 Å². The van der Waals surface area contributed by atoms with Gasteiger partial charge in [0.15, 0.2) is 16.7 Å². The summed E-state index contributed by atoms with van der Waals surface area (Å²) in [4.78, 5) is 31.6. The summed E-state index contributed by atoms with van der Waals surface area (Å²) in [5.74, 6) is 0.402. The molecule has 2 aliphatic rings. The van der Waals surface area contributed by atoms with Crippen LogP contribution in [-0.4, -0.2) is 22.8 Å². The highest BCUT2D eigenvalue weighted by molar-refractivity contribution is 8.19. The van der Waals surface area contributed by atoms with Crippen LogP contribution in [0.25, 0.3) is 6.08 Å². The Bertz CT molecular complexity index is 1490. The van der Waals surface area contributed by atoms with Crippen LogP contribution in [0.2, 0.25) is 0 Å². The molecule has 0 saturated carbocycles. The third-order valence-electron chi connectivity index (χ3n) is 6.28. The number of nitro benzene ring substituents is 1. The fourth-order valence-corrected chi connectivity index (χ4v) is 4.90. The van der Waals surface area contributed by atoms with E-state index < -0.39 is 4.92 Å². The zero-order valence-corrected chi connectivity index (χ0v) is 21.0. The van der Waals surface area contributed by atoms with Crippen molar-refractivity contribution in [2.45, 2.75) is 27.7 Å². The van der Waals surface area contributed by atoms with Gasteiger partial charge in [0, 0.05) is 0 Å². The molecule has 0 spiro atoms. The minimum absolute atomic E-state index is 0.00643. The molecule has 36 heavy (non-hydrogen) atoms. The molecular formula is C27H23N3O5S. The van der Waals surface area contributed by atoms with E-state index in [1.807, 2.05) is 64.1 Å². The summed E-state index contributed by atoms with van der Waals surface area (Å²) in [6.07, 6.45) is 1.52. The summed E-state index contributed by atoms with van der Waals surface area (Å²) in [6.45, 7) is 8.03. The van der Waals surface area contributed by atoms with E-state index in [0.29, 0.717) is 27.3 Å². The van der Waals surface area contributed by atoms with Crippen LogP contribution in [0.4, 0.5) is 17.1 Å². The van der Waals surface area contributed by atoms with Crippen LogP contribution in [0, 0.1) is 37.8 Å². The lowest BCUT2D eigenvalue weighted by Gasteiger charge is -2.17. The van der Waals surface area contributed by atoms with E-state index in [-0.39, 0.29) is 24.0 Å². The number of rotatable bonds is 4. The SMILES string of the molecule is Cc1ccc(N=C2S/C(=C\c3cc4c(cc3[N+](=O)[O-])OCO4)C(=O)N2c2ccc(C)c(C)c2)cc1C. The topological polar surface area (TPSA) is 94.3 Å². The Kier molecular flexibility index (Phi) is 6.01. The molecule has 8 nitrogen and oxygen atoms in total. The lowest BCUT2D eigenvalue weighted by Crippen LogP contribution is -2.28. The first-order valence-electron chi connectivity index (χ1n) is 11.3. The number of amidine groups is 1. The Morgan fingerprint density at radius 1 is 0.944 bits per heavy atom. The molecule has 0 bridgehead atoms. The molecule has 1 amide bonds. The fourth-order valence-electron chi connectivity index (χ4n) is 3.91. The van der Waals surface area contributed by atoms with Crippen LogP contribution in [0.15, 0.2) is 58.4 Å². The lowest BCUT2D eigenvalue weighted by atomic mass is 10.1. The van der Waals surface area contributed by atoms with Gasteiger partial charge >= 0.3 is 0 Å². The van der Waals surface area contributed by atoms with Gasteiger partial charge in [-0.1, -0.05) is 12.1 Å². The number of aryl methyl sites for hydroxylation is 4. The number of nitrogens with zero attached hydrogens (tertiary/aromatic N) is 3. The number of hydrogen-bond donors (Lipinski definition) is 0. The van der Waals surface area contributed by atoms with Gasteiger partial charge in [-0.25, -0.2) is 4.99 Å². The number of anilines is 1. The van der Waals surface area contributed by atoms with Crippen molar-refractivity contribution in [2.24, 2.45) is 4.99 Å². The van der Waals surface area contributed by atoms with Crippen molar-refractivity contribution in [1.82, 2.24) is 0 Å². The van der Waals surface area contributed by atoms with Crippen LogP contribution in [0.1, 0.15) is 27.8 Å². The maximum atomic E-state index is 13.7. The molecule has 2 heterocycles. The molecule has 9 heteroatoms. The Labute approximate surface area is 212 Å². The van der Waals surface area contributed by atoms with Gasteiger partial charge in [-0.2, -0.15) is 0 Å². The summed E-state index contributed by atoms with van der Waals surface area (Å²) in [6, 6.07) is 14.5. The Morgan fingerprint density at radius 3 is 2.28 bits per heavy atom. The van der Waals surface area contributed by atoms with Gasteiger partial charge in [0.2, 0.25) is 6.79 Å². The zero-order valence-electron chi connectivity index (χ0n) is 20.2. The smallest absolute Gasteiger partial charge is 0.280 e. The van der Waals surface area contributed by atoms with E-state index in [4.69, 9.17) is 14.5 Å². The average Bonchev–Trinajstić information content (AvgIpc) is 3.41. The van der Waals surface area contributed by atoms with Crippen LogP contribution in [-0.2, 0) is 4.79 Å². The third kappa shape index (κ3) is 4.33. The predicted molar refractivity (Wildman–Crippen MR) is 141 cm³/mol. The predicted octanol–water partition coefficient (Wildman–Crippen LogP) is 6.37.